The van der Waals surface area contributed by atoms with Gasteiger partial charge in [-0.2, -0.15) is 0 Å². The number of carbonyl (C=O) groups is 2. The molecule has 0 aliphatic carbocycles. The van der Waals surface area contributed by atoms with Crippen LogP contribution in [0.2, 0.25) is 0 Å². The van der Waals surface area contributed by atoms with Crippen molar-refractivity contribution in [1.82, 2.24) is 4.90 Å². The number of anilines is 1. The van der Waals surface area contributed by atoms with Gasteiger partial charge in [0.15, 0.2) is 0 Å². The van der Waals surface area contributed by atoms with Crippen molar-refractivity contribution >= 4 is 23.2 Å². The Kier molecular flexibility index (Phi) is 6.06. The van der Waals surface area contributed by atoms with Gasteiger partial charge in [-0.05, 0) is 30.2 Å². The zero-order chi connectivity index (χ0) is 19.3. The fourth-order valence-electron chi connectivity index (χ4n) is 2.55. The van der Waals surface area contributed by atoms with E-state index in [9.17, 15) is 19.7 Å². The highest BCUT2D eigenvalue weighted by Gasteiger charge is 2.19. The lowest BCUT2D eigenvalue weighted by Crippen LogP contribution is -2.31. The van der Waals surface area contributed by atoms with Crippen LogP contribution in [0.3, 0.4) is 0 Å². The maximum absolute atomic E-state index is 12.5. The van der Waals surface area contributed by atoms with Crippen molar-refractivity contribution in [2.24, 2.45) is 0 Å². The molecular weight excluding hydrogens is 334 g/mol. The Bertz CT molecular complexity index is 818. The van der Waals surface area contributed by atoms with Gasteiger partial charge in [-0.1, -0.05) is 24.3 Å². The third-order valence-corrected chi connectivity index (χ3v) is 4.17. The summed E-state index contributed by atoms with van der Waals surface area (Å²) in [6, 6.07) is 13.1. The minimum Gasteiger partial charge on any atom is -0.339 e. The van der Waals surface area contributed by atoms with Crippen molar-refractivity contribution in [3.8, 4) is 0 Å². The normalized spacial score (nSPS) is 11.5. The molecule has 2 aromatic rings. The summed E-state index contributed by atoms with van der Waals surface area (Å²) in [7, 11) is 1.68. The molecule has 0 aromatic heterocycles. The van der Waals surface area contributed by atoms with Gasteiger partial charge in [0.05, 0.1) is 17.4 Å². The summed E-state index contributed by atoms with van der Waals surface area (Å²) in [5.41, 5.74) is 2.20. The quantitative estimate of drug-likeness (QED) is 0.635. The Morgan fingerprint density at radius 3 is 2.42 bits per heavy atom. The van der Waals surface area contributed by atoms with E-state index in [1.165, 1.54) is 19.1 Å². The summed E-state index contributed by atoms with van der Waals surface area (Å²) in [5, 5.41) is 13.6. The number of likely N-dealkylation sites (N-methyl/N-ethyl adjacent to an activating group) is 1. The van der Waals surface area contributed by atoms with Crippen molar-refractivity contribution in [2.45, 2.75) is 26.3 Å². The first-order valence-electron chi connectivity index (χ1n) is 8.14. The van der Waals surface area contributed by atoms with Crippen LogP contribution >= 0.6 is 0 Å². The van der Waals surface area contributed by atoms with E-state index in [1.54, 1.807) is 48.3 Å². The molecule has 0 saturated carbocycles. The largest absolute Gasteiger partial charge is 0.339 e. The highest BCUT2D eigenvalue weighted by molar-refractivity contribution is 5.88. The molecule has 2 rings (SSSR count). The number of hydrogen-bond acceptors (Lipinski definition) is 4. The number of benzene rings is 2. The first-order chi connectivity index (χ1) is 12.3. The van der Waals surface area contributed by atoms with Gasteiger partial charge in [-0.25, -0.2) is 0 Å². The maximum atomic E-state index is 12.5. The van der Waals surface area contributed by atoms with Gasteiger partial charge < -0.3 is 10.2 Å². The van der Waals surface area contributed by atoms with E-state index in [0.717, 1.165) is 5.56 Å². The van der Waals surface area contributed by atoms with Crippen molar-refractivity contribution in [2.75, 3.05) is 12.4 Å². The lowest BCUT2D eigenvalue weighted by Gasteiger charge is -2.25. The molecule has 0 aliphatic heterocycles. The van der Waals surface area contributed by atoms with Crippen molar-refractivity contribution in [1.29, 1.82) is 0 Å². The second-order valence-corrected chi connectivity index (χ2v) is 6.09. The average Bonchev–Trinajstić information content (AvgIpc) is 2.61. The highest BCUT2D eigenvalue weighted by Crippen LogP contribution is 2.23. The van der Waals surface area contributed by atoms with Crippen LogP contribution < -0.4 is 5.32 Å². The van der Waals surface area contributed by atoms with Crippen molar-refractivity contribution in [3.63, 3.8) is 0 Å². The summed E-state index contributed by atoms with van der Waals surface area (Å²) in [6.45, 7) is 3.26. The highest BCUT2D eigenvalue weighted by atomic mass is 16.6. The fourth-order valence-corrected chi connectivity index (χ4v) is 2.55. The summed E-state index contributed by atoms with van der Waals surface area (Å²) < 4.78 is 0. The molecule has 0 aliphatic rings. The molecule has 0 unspecified atom stereocenters. The van der Waals surface area contributed by atoms with Gasteiger partial charge in [-0.3, -0.25) is 19.7 Å². The third kappa shape index (κ3) is 4.89. The van der Waals surface area contributed by atoms with Gasteiger partial charge in [-0.15, -0.1) is 0 Å². The summed E-state index contributed by atoms with van der Waals surface area (Å²) in [4.78, 5) is 35.6. The molecule has 0 bridgehead atoms. The number of nitrogens with one attached hydrogen (secondary N) is 1. The third-order valence-electron chi connectivity index (χ3n) is 4.17. The minimum atomic E-state index is -0.450. The fraction of sp³-hybridized carbons (Fsp3) is 0.263. The van der Waals surface area contributed by atoms with Crippen molar-refractivity contribution in [3.05, 3.63) is 69.8 Å². The Hall–Kier alpha value is -3.22. The summed E-state index contributed by atoms with van der Waals surface area (Å²) >= 11 is 0. The molecule has 7 heteroatoms. The van der Waals surface area contributed by atoms with Crippen LogP contribution in [0.25, 0.3) is 0 Å². The number of amides is 2. The predicted molar refractivity (Wildman–Crippen MR) is 98.7 cm³/mol. The minimum absolute atomic E-state index is 0.00348. The Morgan fingerprint density at radius 2 is 1.85 bits per heavy atom. The molecule has 0 spiro atoms. The van der Waals surface area contributed by atoms with E-state index in [0.29, 0.717) is 11.3 Å². The molecule has 1 N–H and O–H groups in total. The number of non-ortho nitro benzene ring substituents is 1. The zero-order valence-electron chi connectivity index (χ0n) is 14.9. The van der Waals surface area contributed by atoms with Crippen LogP contribution in [-0.4, -0.2) is 28.7 Å². The topological polar surface area (TPSA) is 92.6 Å². The molecule has 2 aromatic carbocycles. The van der Waals surface area contributed by atoms with Crippen LogP contribution in [0.15, 0.2) is 48.5 Å². The molecule has 0 saturated heterocycles. The molecule has 2 amide bonds. The second kappa shape index (κ2) is 8.24. The lowest BCUT2D eigenvalue weighted by atomic mass is 10.1. The van der Waals surface area contributed by atoms with E-state index in [1.807, 2.05) is 6.92 Å². The van der Waals surface area contributed by atoms with Gasteiger partial charge >= 0.3 is 0 Å². The SMILES string of the molecule is CC(=O)Nc1ccc(CC(=O)N(C)[C@@H](C)c2cccc([N+](=O)[O-])c2)cc1. The molecule has 1 atom stereocenters. The smallest absolute Gasteiger partial charge is 0.269 e. The number of hydrogen-bond donors (Lipinski definition) is 1. The Morgan fingerprint density at radius 1 is 1.19 bits per heavy atom. The Balaban J connectivity index is 2.05. The van der Waals surface area contributed by atoms with E-state index in [-0.39, 0.29) is 30.0 Å². The zero-order valence-corrected chi connectivity index (χ0v) is 14.9. The van der Waals surface area contributed by atoms with E-state index in [2.05, 4.69) is 5.32 Å². The standard InChI is InChI=1S/C19H21N3O4/c1-13(16-5-4-6-18(12-16)22(25)26)21(3)19(24)11-15-7-9-17(10-8-15)20-14(2)23/h4-10,12-13H,11H2,1-3H3,(H,20,23)/t13-/m0/s1. The van der Waals surface area contributed by atoms with Crippen LogP contribution in [-0.2, 0) is 16.0 Å². The molecule has 136 valence electrons. The second-order valence-electron chi connectivity index (χ2n) is 6.09. The number of carbonyl (C=O) groups excluding carboxylic acids is 2. The molecule has 7 nitrogen and oxygen atoms in total. The molecule has 0 fully saturated rings. The summed E-state index contributed by atoms with van der Waals surface area (Å²) in [6.07, 6.45) is 0.204. The molecule has 0 radical (unpaired) electrons. The van der Waals surface area contributed by atoms with Crippen LogP contribution in [0.4, 0.5) is 11.4 Å². The monoisotopic (exact) mass is 355 g/mol. The average molecular weight is 355 g/mol. The number of nitro groups is 1. The van der Waals surface area contributed by atoms with Crippen molar-refractivity contribution < 1.29 is 14.5 Å². The van der Waals surface area contributed by atoms with Crippen LogP contribution in [0, 0.1) is 10.1 Å². The summed E-state index contributed by atoms with van der Waals surface area (Å²) in [5.74, 6) is -0.254. The van der Waals surface area contributed by atoms with Crippen LogP contribution in [0.5, 0.6) is 0 Å². The van der Waals surface area contributed by atoms with Gasteiger partial charge in [0, 0.05) is 31.8 Å². The van der Waals surface area contributed by atoms with E-state index >= 15 is 0 Å². The molecule has 26 heavy (non-hydrogen) atoms. The van der Waals surface area contributed by atoms with E-state index < -0.39 is 4.92 Å². The maximum Gasteiger partial charge on any atom is 0.269 e. The Labute approximate surface area is 151 Å². The van der Waals surface area contributed by atoms with Crippen LogP contribution in [0.1, 0.15) is 31.0 Å². The predicted octanol–water partition coefficient (Wildman–Crippen LogP) is 3.32. The van der Waals surface area contributed by atoms with Gasteiger partial charge in [0.25, 0.3) is 5.69 Å². The van der Waals surface area contributed by atoms with E-state index in [4.69, 9.17) is 0 Å². The molecule has 0 heterocycles. The number of rotatable bonds is 6. The first kappa shape index (κ1) is 19.1. The van der Waals surface area contributed by atoms with Gasteiger partial charge in [0.1, 0.15) is 0 Å². The number of nitrogens with zero attached hydrogens (tertiary/aromatic N) is 2. The number of nitro benzene ring substituents is 1. The lowest BCUT2D eigenvalue weighted by molar-refractivity contribution is -0.384. The first-order valence-corrected chi connectivity index (χ1v) is 8.14. The molecular formula is C19H21N3O4. The van der Waals surface area contributed by atoms with Gasteiger partial charge in [0.2, 0.25) is 11.8 Å².